The molecule has 0 saturated heterocycles. The maximum Gasteiger partial charge on any atom is 0.254 e. The van der Waals surface area contributed by atoms with Gasteiger partial charge >= 0.3 is 0 Å². The summed E-state index contributed by atoms with van der Waals surface area (Å²) in [5.41, 5.74) is 1.38. The predicted molar refractivity (Wildman–Crippen MR) is 122 cm³/mol. The van der Waals surface area contributed by atoms with E-state index in [1.165, 1.54) is 18.2 Å². The summed E-state index contributed by atoms with van der Waals surface area (Å²) in [6.07, 6.45) is 6.46. The Morgan fingerprint density at radius 1 is 1.37 bits per heavy atom. The van der Waals surface area contributed by atoms with Crippen LogP contribution in [0.15, 0.2) is 70.9 Å². The maximum absolute atomic E-state index is 13.9. The van der Waals surface area contributed by atoms with Crippen LogP contribution in [-0.2, 0) is 0 Å². The van der Waals surface area contributed by atoms with Crippen molar-refractivity contribution in [2.45, 2.75) is 26.8 Å². The van der Waals surface area contributed by atoms with Crippen LogP contribution in [0.1, 0.15) is 36.7 Å². The minimum atomic E-state index is -0.426. The minimum Gasteiger partial charge on any atom is -0.475 e. The number of nitrogens with zero attached hydrogens (tertiary/aromatic N) is 3. The first-order valence-corrected chi connectivity index (χ1v) is 10.3. The van der Waals surface area contributed by atoms with Crippen LogP contribution >= 0.6 is 15.9 Å². The van der Waals surface area contributed by atoms with Crippen molar-refractivity contribution >= 4 is 27.5 Å². The summed E-state index contributed by atoms with van der Waals surface area (Å²) in [7, 11) is 0. The largest absolute Gasteiger partial charge is 0.475 e. The number of likely N-dealkylation sites (N-methyl/N-ethyl adjacent to an activating group) is 1. The van der Waals surface area contributed by atoms with Gasteiger partial charge in [0, 0.05) is 46.3 Å². The van der Waals surface area contributed by atoms with E-state index in [-0.39, 0.29) is 18.6 Å². The normalized spacial score (nSPS) is 12.6. The molecule has 0 aliphatic heterocycles. The molecule has 0 spiro atoms. The van der Waals surface area contributed by atoms with Crippen LogP contribution in [0.3, 0.4) is 0 Å². The highest BCUT2D eigenvalue weighted by atomic mass is 79.9. The van der Waals surface area contributed by atoms with E-state index < -0.39 is 5.82 Å². The van der Waals surface area contributed by atoms with Gasteiger partial charge in [-0.3, -0.25) is 9.79 Å². The fraction of sp³-hybridized carbons (Fsp3) is 0.261. The number of halogens is 2. The predicted octanol–water partition coefficient (Wildman–Crippen LogP) is 5.42. The van der Waals surface area contributed by atoms with Gasteiger partial charge in [-0.25, -0.2) is 9.37 Å². The zero-order valence-electron chi connectivity index (χ0n) is 17.3. The smallest absolute Gasteiger partial charge is 0.254 e. The molecule has 5 nitrogen and oxygen atoms in total. The van der Waals surface area contributed by atoms with E-state index in [4.69, 9.17) is 4.74 Å². The van der Waals surface area contributed by atoms with Gasteiger partial charge in [0.05, 0.1) is 6.04 Å². The van der Waals surface area contributed by atoms with E-state index in [1.807, 2.05) is 19.9 Å². The number of ether oxygens (including phenoxy) is 1. The Kier molecular flexibility index (Phi) is 8.92. The Balaban J connectivity index is 2.23. The van der Waals surface area contributed by atoms with E-state index >= 15 is 0 Å². The monoisotopic (exact) mass is 473 g/mol. The van der Waals surface area contributed by atoms with Crippen molar-refractivity contribution in [2.24, 2.45) is 4.99 Å². The number of aliphatic imine (C=N–C) groups is 1. The summed E-state index contributed by atoms with van der Waals surface area (Å²) in [4.78, 5) is 23.4. The molecule has 1 heterocycles. The lowest BCUT2D eigenvalue weighted by Crippen LogP contribution is -2.42. The SMILES string of the molecule is C=C/C=C\N=C(/C)c1cc(F)ccc1C(=O)N(CC)C(C)COc1ccc(Br)cn1. The van der Waals surface area contributed by atoms with Gasteiger partial charge in [0.1, 0.15) is 12.4 Å². The number of benzene rings is 1. The number of carbonyl (C=O) groups is 1. The Labute approximate surface area is 185 Å². The van der Waals surface area contributed by atoms with E-state index in [2.05, 4.69) is 32.5 Å². The number of hydrogen-bond acceptors (Lipinski definition) is 4. The number of aromatic nitrogens is 1. The van der Waals surface area contributed by atoms with Crippen molar-refractivity contribution in [3.63, 3.8) is 0 Å². The highest BCUT2D eigenvalue weighted by Crippen LogP contribution is 2.18. The number of rotatable bonds is 9. The van der Waals surface area contributed by atoms with Crippen molar-refractivity contribution in [2.75, 3.05) is 13.2 Å². The first-order valence-electron chi connectivity index (χ1n) is 9.54. The number of allylic oxidation sites excluding steroid dienone is 2. The molecule has 1 aromatic heterocycles. The fourth-order valence-electron chi connectivity index (χ4n) is 2.84. The van der Waals surface area contributed by atoms with E-state index in [0.29, 0.717) is 29.3 Å². The van der Waals surface area contributed by atoms with Crippen LogP contribution in [0, 0.1) is 5.82 Å². The zero-order chi connectivity index (χ0) is 22.1. The summed E-state index contributed by atoms with van der Waals surface area (Å²) in [5, 5.41) is 0. The number of pyridine rings is 1. The first-order chi connectivity index (χ1) is 14.4. The van der Waals surface area contributed by atoms with Crippen LogP contribution in [-0.4, -0.2) is 40.7 Å². The average Bonchev–Trinajstić information content (AvgIpc) is 2.73. The van der Waals surface area contributed by atoms with E-state index in [0.717, 1.165) is 4.47 Å². The molecule has 0 aliphatic rings. The first kappa shape index (κ1) is 23.5. The molecule has 0 radical (unpaired) electrons. The van der Waals surface area contributed by atoms with Crippen molar-refractivity contribution in [3.8, 4) is 5.88 Å². The quantitative estimate of drug-likeness (QED) is 0.360. The number of amides is 1. The molecule has 2 aromatic rings. The second-order valence-corrected chi connectivity index (χ2v) is 7.46. The lowest BCUT2D eigenvalue weighted by Gasteiger charge is -2.28. The van der Waals surface area contributed by atoms with Gasteiger partial charge in [-0.1, -0.05) is 12.7 Å². The summed E-state index contributed by atoms with van der Waals surface area (Å²) in [6, 6.07) is 7.48. The Hall–Kier alpha value is -2.80. The number of carbonyl (C=O) groups excluding carboxylic acids is 1. The van der Waals surface area contributed by atoms with E-state index in [9.17, 15) is 9.18 Å². The molecular weight excluding hydrogens is 449 g/mol. The van der Waals surface area contributed by atoms with Crippen LogP contribution in [0.4, 0.5) is 4.39 Å². The minimum absolute atomic E-state index is 0.213. The molecule has 0 N–H and O–H groups in total. The van der Waals surface area contributed by atoms with Gasteiger partial charge in [-0.15, -0.1) is 0 Å². The van der Waals surface area contributed by atoms with E-state index in [1.54, 1.807) is 42.4 Å². The molecule has 0 bridgehead atoms. The molecule has 30 heavy (non-hydrogen) atoms. The molecule has 7 heteroatoms. The molecule has 0 aliphatic carbocycles. The number of hydrogen-bond donors (Lipinski definition) is 0. The maximum atomic E-state index is 13.9. The lowest BCUT2D eigenvalue weighted by molar-refractivity contribution is 0.0646. The lowest BCUT2D eigenvalue weighted by atomic mass is 10.0. The van der Waals surface area contributed by atoms with Gasteiger partial charge in [0.2, 0.25) is 5.88 Å². The van der Waals surface area contributed by atoms with Crippen LogP contribution in [0.5, 0.6) is 5.88 Å². The Morgan fingerprint density at radius 3 is 2.77 bits per heavy atom. The molecule has 0 saturated carbocycles. The standard InChI is InChI=1S/C23H25BrFN3O2/c1-5-7-12-26-17(4)21-13-19(25)9-10-20(21)23(29)28(6-2)16(3)15-30-22-11-8-18(24)14-27-22/h5,7-14,16H,1,6,15H2,2-4H3/b12-7-,26-17+. The second-order valence-electron chi connectivity index (χ2n) is 6.55. The van der Waals surface area contributed by atoms with Crippen LogP contribution < -0.4 is 4.74 Å². The Bertz CT molecular complexity index is 942. The third-order valence-corrected chi connectivity index (χ3v) is 4.87. The van der Waals surface area contributed by atoms with Crippen molar-refractivity contribution in [3.05, 3.63) is 82.9 Å². The zero-order valence-corrected chi connectivity index (χ0v) is 18.9. The molecule has 1 unspecified atom stereocenters. The Morgan fingerprint density at radius 2 is 2.13 bits per heavy atom. The van der Waals surface area contributed by atoms with Crippen molar-refractivity contribution < 1.29 is 13.9 Å². The molecule has 158 valence electrons. The van der Waals surface area contributed by atoms with Crippen molar-refractivity contribution in [1.29, 1.82) is 0 Å². The highest BCUT2D eigenvalue weighted by molar-refractivity contribution is 9.10. The molecule has 0 fully saturated rings. The van der Waals surface area contributed by atoms with Gasteiger partial charge in [-0.2, -0.15) is 0 Å². The molecule has 2 rings (SSSR count). The summed E-state index contributed by atoms with van der Waals surface area (Å²) in [5.74, 6) is -0.160. The third kappa shape index (κ3) is 6.35. The topological polar surface area (TPSA) is 54.8 Å². The highest BCUT2D eigenvalue weighted by Gasteiger charge is 2.24. The fourth-order valence-corrected chi connectivity index (χ4v) is 3.08. The molecule has 1 atom stereocenters. The molecule has 1 amide bonds. The van der Waals surface area contributed by atoms with Gasteiger partial charge in [-0.05, 0) is 67.0 Å². The van der Waals surface area contributed by atoms with Crippen LogP contribution in [0.25, 0.3) is 0 Å². The third-order valence-electron chi connectivity index (χ3n) is 4.40. The summed E-state index contributed by atoms with van der Waals surface area (Å²) in [6.45, 7) is 9.87. The van der Waals surface area contributed by atoms with Gasteiger partial charge in [0.15, 0.2) is 0 Å². The van der Waals surface area contributed by atoms with Gasteiger partial charge < -0.3 is 9.64 Å². The molecule has 1 aromatic carbocycles. The second kappa shape index (κ2) is 11.4. The van der Waals surface area contributed by atoms with Crippen molar-refractivity contribution in [1.82, 2.24) is 9.88 Å². The van der Waals surface area contributed by atoms with Gasteiger partial charge in [0.25, 0.3) is 5.91 Å². The summed E-state index contributed by atoms with van der Waals surface area (Å²) >= 11 is 3.33. The molecular formula is C23H25BrFN3O2. The average molecular weight is 474 g/mol. The van der Waals surface area contributed by atoms with Crippen LogP contribution in [0.2, 0.25) is 0 Å². The summed E-state index contributed by atoms with van der Waals surface area (Å²) < 4.78 is 20.5.